The van der Waals surface area contributed by atoms with Crippen LogP contribution in [0, 0.1) is 19.3 Å². The van der Waals surface area contributed by atoms with Gasteiger partial charge in [0.05, 0.1) is 0 Å². The molecule has 0 aromatic carbocycles. The van der Waals surface area contributed by atoms with E-state index in [4.69, 9.17) is 40.5 Å². The summed E-state index contributed by atoms with van der Waals surface area (Å²) in [6.45, 7) is 6.88. The standard InChI is InChI=1S/C11H14N2O.C3H8.C2H6.2H3O3PS/c1-5-6-14-10-7-9(4)12-11(13-10)8(2)3;1-3-2;1-2;2*1-4(2,3)5/h1,7-8H,6H2,2-4H3;3H2,1-2H3;1-2H3;2*(H3,1,2,3,5). The molecule has 0 fully saturated rings. The molecule has 0 aliphatic rings. The van der Waals surface area contributed by atoms with Gasteiger partial charge >= 0.3 is 13.4 Å². The Morgan fingerprint density at radius 2 is 1.38 bits per heavy atom. The van der Waals surface area contributed by atoms with Crippen LogP contribution in [-0.2, 0) is 23.6 Å². The molecule has 29 heavy (non-hydrogen) atoms. The van der Waals surface area contributed by atoms with E-state index in [0.29, 0.717) is 11.8 Å². The van der Waals surface area contributed by atoms with Crippen LogP contribution >= 0.6 is 13.4 Å². The van der Waals surface area contributed by atoms with Gasteiger partial charge in [0, 0.05) is 17.7 Å². The van der Waals surface area contributed by atoms with Crippen LogP contribution in [-0.4, -0.2) is 45.9 Å². The molecule has 172 valence electrons. The fraction of sp³-hybridized carbons (Fsp3) is 0.625. The molecule has 13 heteroatoms. The van der Waals surface area contributed by atoms with Crippen molar-refractivity contribution in [2.24, 2.45) is 0 Å². The molecule has 0 atom stereocenters. The topological polar surface area (TPSA) is 156 Å². The van der Waals surface area contributed by atoms with Gasteiger partial charge < -0.3 is 34.1 Å². The van der Waals surface area contributed by atoms with Crippen molar-refractivity contribution in [3.63, 3.8) is 0 Å². The third-order valence-electron chi connectivity index (χ3n) is 1.67. The maximum atomic E-state index is 7.56. The zero-order valence-electron chi connectivity index (χ0n) is 17.8. The molecule has 0 radical (unpaired) electrons. The lowest BCUT2D eigenvalue weighted by Crippen LogP contribution is -2.03. The van der Waals surface area contributed by atoms with Crippen LogP contribution in [0.2, 0.25) is 0 Å². The summed E-state index contributed by atoms with van der Waals surface area (Å²) in [5, 5.41) is 0. The number of aryl methyl sites for hydroxylation is 1. The highest BCUT2D eigenvalue weighted by Gasteiger charge is 2.06. The predicted octanol–water partition coefficient (Wildman–Crippen LogP) is 2.74. The molecule has 1 aromatic rings. The first-order valence-electron chi connectivity index (χ1n) is 8.53. The van der Waals surface area contributed by atoms with E-state index >= 15 is 0 Å². The molecule has 1 rings (SSSR count). The molecule has 0 aliphatic carbocycles. The molecule has 6 N–H and O–H groups in total. The van der Waals surface area contributed by atoms with Gasteiger partial charge in [0.25, 0.3) is 0 Å². The maximum Gasteiger partial charge on any atom is 0.319 e. The van der Waals surface area contributed by atoms with Gasteiger partial charge in [-0.05, 0) is 30.5 Å². The van der Waals surface area contributed by atoms with Crippen LogP contribution in [0.4, 0.5) is 0 Å². The summed E-state index contributed by atoms with van der Waals surface area (Å²) >= 11 is 7.21. The molecule has 0 saturated heterocycles. The minimum absolute atomic E-state index is 0.244. The monoisotopic (exact) mass is 492 g/mol. The second-order valence-corrected chi connectivity index (χ2v) is 10.1. The van der Waals surface area contributed by atoms with Crippen molar-refractivity contribution in [3.05, 3.63) is 17.6 Å². The van der Waals surface area contributed by atoms with E-state index in [9.17, 15) is 0 Å². The molecule has 0 saturated carbocycles. The minimum Gasteiger partial charge on any atom is -0.464 e. The summed E-state index contributed by atoms with van der Waals surface area (Å²) < 4.78 is 5.24. The number of aromatic nitrogens is 2. The normalized spacial score (nSPS) is 9.69. The third kappa shape index (κ3) is 47.0. The molecule has 1 heterocycles. The Labute approximate surface area is 184 Å². The minimum atomic E-state index is -3.81. The highest BCUT2D eigenvalue weighted by Crippen LogP contribution is 2.27. The van der Waals surface area contributed by atoms with Crippen LogP contribution in [0.5, 0.6) is 5.88 Å². The van der Waals surface area contributed by atoms with Crippen molar-refractivity contribution in [2.75, 3.05) is 6.61 Å². The Kier molecular flexibility index (Phi) is 25.7. The Balaban J connectivity index is -0.000000173. The molecular weight excluding hydrogens is 458 g/mol. The first kappa shape index (κ1) is 35.9. The number of hydrogen-bond donors (Lipinski definition) is 6. The largest absolute Gasteiger partial charge is 0.464 e. The number of hydrogen-bond acceptors (Lipinski definition) is 5. The molecular formula is C16H34N2O7P2S2. The molecule has 0 bridgehead atoms. The van der Waals surface area contributed by atoms with Crippen molar-refractivity contribution in [2.45, 2.75) is 60.8 Å². The van der Waals surface area contributed by atoms with Crippen LogP contribution < -0.4 is 4.74 Å². The van der Waals surface area contributed by atoms with Gasteiger partial charge in [0.15, 0.2) is 6.61 Å². The molecule has 0 spiro atoms. The summed E-state index contributed by atoms with van der Waals surface area (Å²) in [6, 6.07) is 1.78. The van der Waals surface area contributed by atoms with Crippen LogP contribution in [0.25, 0.3) is 0 Å². The van der Waals surface area contributed by atoms with Gasteiger partial charge in [-0.15, -0.1) is 6.42 Å². The zero-order chi connectivity index (χ0) is 24.3. The van der Waals surface area contributed by atoms with E-state index in [0.717, 1.165) is 11.5 Å². The first-order chi connectivity index (χ1) is 13.0. The van der Waals surface area contributed by atoms with Gasteiger partial charge in [-0.25, -0.2) is 4.98 Å². The van der Waals surface area contributed by atoms with Crippen molar-refractivity contribution in [1.29, 1.82) is 0 Å². The summed E-state index contributed by atoms with van der Waals surface area (Å²) in [5.41, 5.74) is 0.899. The fourth-order valence-electron chi connectivity index (χ4n) is 1.01. The van der Waals surface area contributed by atoms with Crippen molar-refractivity contribution >= 4 is 37.1 Å². The van der Waals surface area contributed by atoms with Gasteiger partial charge in [-0.2, -0.15) is 4.98 Å². The van der Waals surface area contributed by atoms with Crippen LogP contribution in [0.3, 0.4) is 0 Å². The lowest BCUT2D eigenvalue weighted by atomic mass is 10.2. The van der Waals surface area contributed by atoms with Crippen LogP contribution in [0.15, 0.2) is 6.07 Å². The van der Waals surface area contributed by atoms with E-state index in [1.165, 1.54) is 6.42 Å². The SMILES string of the molecule is C#CCOc1cc(C)nc(C(C)C)n1.CC.CCC.OP(O)(O)=S.OP(O)(O)=S. The maximum absolute atomic E-state index is 7.56. The second kappa shape index (κ2) is 20.8. The summed E-state index contributed by atoms with van der Waals surface area (Å²) in [5.74, 6) is 4.04. The van der Waals surface area contributed by atoms with E-state index in [1.54, 1.807) is 6.07 Å². The highest BCUT2D eigenvalue weighted by molar-refractivity contribution is 8.06. The van der Waals surface area contributed by atoms with E-state index in [1.807, 2.05) is 34.6 Å². The summed E-state index contributed by atoms with van der Waals surface area (Å²) in [6.07, 6.45) is 6.34. The third-order valence-corrected chi connectivity index (χ3v) is 1.67. The predicted molar refractivity (Wildman–Crippen MR) is 124 cm³/mol. The number of rotatable bonds is 3. The lowest BCUT2D eigenvalue weighted by Gasteiger charge is -2.07. The van der Waals surface area contributed by atoms with Crippen LogP contribution in [0.1, 0.15) is 65.4 Å². The number of ether oxygens (including phenoxy) is 1. The summed E-state index contributed by atoms with van der Waals surface area (Å²) in [4.78, 5) is 53.9. The molecule has 0 unspecified atom stereocenters. The Hall–Kier alpha value is -0.500. The number of nitrogens with zero attached hydrogens (tertiary/aromatic N) is 2. The lowest BCUT2D eigenvalue weighted by molar-refractivity contribution is 0.352. The zero-order valence-corrected chi connectivity index (χ0v) is 21.3. The second-order valence-electron chi connectivity index (χ2n) is 5.09. The van der Waals surface area contributed by atoms with Crippen molar-refractivity contribution in [1.82, 2.24) is 9.97 Å². The Bertz CT molecular complexity index is 623. The van der Waals surface area contributed by atoms with Gasteiger partial charge in [0.2, 0.25) is 5.88 Å². The molecule has 9 nitrogen and oxygen atoms in total. The fourth-order valence-corrected chi connectivity index (χ4v) is 1.01. The van der Waals surface area contributed by atoms with E-state index < -0.39 is 13.4 Å². The molecule has 0 amide bonds. The average molecular weight is 493 g/mol. The van der Waals surface area contributed by atoms with Gasteiger partial charge in [-0.3, -0.25) is 0 Å². The number of terminal acetylenes is 1. The van der Waals surface area contributed by atoms with Crippen molar-refractivity contribution in [3.8, 4) is 18.2 Å². The Morgan fingerprint density at radius 3 is 1.66 bits per heavy atom. The Morgan fingerprint density at radius 1 is 1.03 bits per heavy atom. The summed E-state index contributed by atoms with van der Waals surface area (Å²) in [7, 11) is 0. The van der Waals surface area contributed by atoms with Gasteiger partial charge in [-0.1, -0.05) is 53.9 Å². The van der Waals surface area contributed by atoms with Gasteiger partial charge in [0.1, 0.15) is 5.82 Å². The van der Waals surface area contributed by atoms with E-state index in [2.05, 4.69) is 53.3 Å². The average Bonchev–Trinajstić information content (AvgIpc) is 2.52. The smallest absolute Gasteiger partial charge is 0.319 e. The molecule has 0 aliphatic heterocycles. The quantitative estimate of drug-likeness (QED) is 0.272. The van der Waals surface area contributed by atoms with E-state index in [-0.39, 0.29) is 6.61 Å². The first-order valence-corrected chi connectivity index (χ1v) is 13.9. The molecule has 1 aromatic heterocycles. The van der Waals surface area contributed by atoms with Crippen molar-refractivity contribution < 1.29 is 34.1 Å². The highest BCUT2D eigenvalue weighted by atomic mass is 32.5.